The Bertz CT molecular complexity index is 1640. The van der Waals surface area contributed by atoms with E-state index in [0.29, 0.717) is 16.4 Å². The number of hydrogen-bond donors (Lipinski definition) is 3. The molecule has 0 saturated carbocycles. The van der Waals surface area contributed by atoms with Gasteiger partial charge in [0.25, 0.3) is 10.0 Å². The van der Waals surface area contributed by atoms with E-state index in [1.54, 1.807) is 28.8 Å². The number of carbonyl (C=O) groups is 2. The fourth-order valence-electron chi connectivity index (χ4n) is 4.55. The van der Waals surface area contributed by atoms with Crippen molar-refractivity contribution in [1.29, 1.82) is 0 Å². The summed E-state index contributed by atoms with van der Waals surface area (Å²) in [7, 11) is -3.64. The number of aromatic nitrogens is 2. The van der Waals surface area contributed by atoms with Crippen molar-refractivity contribution in [3.05, 3.63) is 52.9 Å². The number of sulfonamides is 1. The number of aliphatic carboxylic acids is 1. The predicted molar refractivity (Wildman–Crippen MR) is 155 cm³/mol. The first kappa shape index (κ1) is 31.5. The average Bonchev–Trinajstić information content (AvgIpc) is 3.70. The second kappa shape index (κ2) is 12.8. The summed E-state index contributed by atoms with van der Waals surface area (Å²) >= 11 is 2.84. The summed E-state index contributed by atoms with van der Waals surface area (Å²) in [5, 5.41) is 10.7. The minimum Gasteiger partial charge on any atom is -0.475 e. The molecule has 1 aromatic carbocycles. The van der Waals surface area contributed by atoms with Gasteiger partial charge in [0.05, 0.1) is 16.9 Å². The smallest absolute Gasteiger partial charge is 0.475 e. The number of rotatable bonds is 8. The fraction of sp³-hybridized carbons (Fsp3) is 0.346. The Morgan fingerprint density at radius 1 is 1.21 bits per heavy atom. The van der Waals surface area contributed by atoms with Crippen molar-refractivity contribution in [1.82, 2.24) is 14.9 Å². The number of carboxylic acids is 1. The van der Waals surface area contributed by atoms with Gasteiger partial charge in [-0.15, -0.1) is 22.7 Å². The Hall–Kier alpha value is -3.47. The van der Waals surface area contributed by atoms with Gasteiger partial charge in [0.15, 0.2) is 0 Å². The topological polar surface area (TPSA) is 150 Å². The summed E-state index contributed by atoms with van der Waals surface area (Å²) in [6.45, 7) is 4.65. The number of fused-ring (bicyclic) bond motifs is 1. The van der Waals surface area contributed by atoms with Crippen molar-refractivity contribution in [3.8, 4) is 10.7 Å². The number of nitrogens with zero attached hydrogens (tertiary/aromatic N) is 3. The zero-order valence-electron chi connectivity index (χ0n) is 22.3. The first-order valence-electron chi connectivity index (χ1n) is 12.8. The van der Waals surface area contributed by atoms with E-state index in [9.17, 15) is 26.4 Å². The highest BCUT2D eigenvalue weighted by molar-refractivity contribution is 7.94. The van der Waals surface area contributed by atoms with Crippen molar-refractivity contribution in [2.45, 2.75) is 36.7 Å². The molecule has 0 spiro atoms. The van der Waals surface area contributed by atoms with Gasteiger partial charge < -0.3 is 15.8 Å². The molecule has 4 heterocycles. The van der Waals surface area contributed by atoms with Crippen molar-refractivity contribution in [2.24, 2.45) is 11.7 Å². The molecule has 1 saturated heterocycles. The Morgan fingerprint density at radius 3 is 2.48 bits per heavy atom. The molecule has 0 atom stereocenters. The third-order valence-electron chi connectivity index (χ3n) is 6.63. The molecular formula is C26H28F3N5O5S3. The van der Waals surface area contributed by atoms with Crippen LogP contribution in [0.25, 0.3) is 21.6 Å². The summed E-state index contributed by atoms with van der Waals surface area (Å²) in [5.41, 5.74) is 7.71. The van der Waals surface area contributed by atoms with Gasteiger partial charge in [-0.1, -0.05) is 18.2 Å². The maximum Gasteiger partial charge on any atom is 0.490 e. The molecular weight excluding hydrogens is 616 g/mol. The Kier molecular flexibility index (Phi) is 9.60. The van der Waals surface area contributed by atoms with E-state index >= 15 is 0 Å². The van der Waals surface area contributed by atoms with Crippen LogP contribution in [-0.4, -0.2) is 66.1 Å². The first-order valence-corrected chi connectivity index (χ1v) is 15.9. The highest BCUT2D eigenvalue weighted by Crippen LogP contribution is 2.35. The van der Waals surface area contributed by atoms with Crippen LogP contribution in [-0.2, 0) is 26.2 Å². The molecule has 3 aromatic heterocycles. The number of para-hydroxylation sites is 1. The zero-order valence-corrected chi connectivity index (χ0v) is 24.7. The van der Waals surface area contributed by atoms with Crippen LogP contribution < -0.4 is 10.0 Å². The minimum absolute atomic E-state index is 0.0184. The zero-order chi connectivity index (χ0) is 30.7. The maximum absolute atomic E-state index is 13.3. The highest BCUT2D eigenvalue weighted by atomic mass is 32.2. The summed E-state index contributed by atoms with van der Waals surface area (Å²) < 4.78 is 60.1. The molecule has 0 aliphatic carbocycles. The lowest BCUT2D eigenvalue weighted by Gasteiger charge is -2.29. The van der Waals surface area contributed by atoms with Crippen molar-refractivity contribution >= 4 is 61.2 Å². The minimum atomic E-state index is -5.08. The number of likely N-dealkylation sites (tertiary alicyclic amines) is 1. The van der Waals surface area contributed by atoms with E-state index < -0.39 is 22.2 Å². The number of thiazole rings is 1. The molecule has 0 radical (unpaired) electrons. The number of anilines is 1. The summed E-state index contributed by atoms with van der Waals surface area (Å²) in [6, 6.07) is 11.1. The summed E-state index contributed by atoms with van der Waals surface area (Å²) in [6.07, 6.45) is -1.59. The number of amides is 1. The second-order valence-electron chi connectivity index (χ2n) is 9.41. The van der Waals surface area contributed by atoms with Gasteiger partial charge in [0.1, 0.15) is 9.22 Å². The first-order chi connectivity index (χ1) is 19.8. The Balaban J connectivity index is 0.000000517. The second-order valence-corrected chi connectivity index (χ2v) is 13.6. The number of halogens is 3. The standard InChI is InChI=1S/C24H27N5O3S3.C2HF3O2/c1-2-29(35(31,32)21-7-4-12-33-21)20-6-3-5-17-13-19(27-22(17)20)24-26-14-18(34-24)15-28-10-8-16(9-11-28)23(25)30;3-2(4,5)1(6)7/h3-7,12-14,16,27H,2,8-11,15H2,1H3,(H2,25,30);(H,6,7). The molecule has 5 rings (SSSR count). The van der Waals surface area contributed by atoms with Crippen LogP contribution in [0, 0.1) is 5.92 Å². The number of nitrogens with two attached hydrogens (primary N) is 1. The van der Waals surface area contributed by atoms with Crippen molar-refractivity contribution < 1.29 is 36.3 Å². The van der Waals surface area contributed by atoms with Crippen LogP contribution in [0.4, 0.5) is 18.9 Å². The third-order valence-corrected chi connectivity index (χ3v) is 10.9. The van der Waals surface area contributed by atoms with Crippen molar-refractivity contribution in [2.75, 3.05) is 23.9 Å². The molecule has 42 heavy (non-hydrogen) atoms. The van der Waals surface area contributed by atoms with Crippen LogP contribution >= 0.6 is 22.7 Å². The van der Waals surface area contributed by atoms with E-state index in [-0.39, 0.29) is 11.8 Å². The quantitative estimate of drug-likeness (QED) is 0.247. The lowest BCUT2D eigenvalue weighted by Crippen LogP contribution is -2.37. The van der Waals surface area contributed by atoms with E-state index in [1.807, 2.05) is 37.4 Å². The fourth-order valence-corrected chi connectivity index (χ4v) is 8.07. The van der Waals surface area contributed by atoms with Gasteiger partial charge >= 0.3 is 12.1 Å². The summed E-state index contributed by atoms with van der Waals surface area (Å²) in [5.74, 6) is -2.98. The highest BCUT2D eigenvalue weighted by Gasteiger charge is 2.38. The Labute approximate surface area is 247 Å². The summed E-state index contributed by atoms with van der Waals surface area (Å²) in [4.78, 5) is 31.8. The van der Waals surface area contributed by atoms with Gasteiger partial charge in [0.2, 0.25) is 5.91 Å². The third kappa shape index (κ3) is 7.11. The monoisotopic (exact) mass is 643 g/mol. The molecule has 16 heteroatoms. The number of piperidine rings is 1. The van der Waals surface area contributed by atoms with Gasteiger partial charge in [-0.25, -0.2) is 18.2 Å². The van der Waals surface area contributed by atoms with E-state index in [1.165, 1.54) is 15.6 Å². The number of aromatic amines is 1. The number of H-pyrrole nitrogens is 1. The molecule has 10 nitrogen and oxygen atoms in total. The number of hydrogen-bond acceptors (Lipinski definition) is 8. The van der Waals surface area contributed by atoms with Gasteiger partial charge in [0, 0.05) is 35.5 Å². The number of nitrogens with one attached hydrogen (secondary N) is 1. The maximum atomic E-state index is 13.3. The SMILES string of the molecule is CCN(c1cccc2cc(-c3ncc(CN4CCC(C(N)=O)CC4)s3)[nH]c12)S(=O)(=O)c1cccs1.O=C(O)C(F)(F)F. The number of thiophene rings is 1. The molecule has 4 aromatic rings. The molecule has 1 aliphatic rings. The largest absolute Gasteiger partial charge is 0.490 e. The van der Waals surface area contributed by atoms with Crippen LogP contribution in [0.5, 0.6) is 0 Å². The lowest BCUT2D eigenvalue weighted by atomic mass is 9.96. The normalized spacial score (nSPS) is 14.9. The Morgan fingerprint density at radius 2 is 1.90 bits per heavy atom. The van der Waals surface area contributed by atoms with E-state index in [0.717, 1.165) is 59.0 Å². The number of benzene rings is 1. The average molecular weight is 644 g/mol. The molecule has 4 N–H and O–H groups in total. The number of alkyl halides is 3. The molecule has 1 fully saturated rings. The number of primary amides is 1. The molecule has 226 valence electrons. The number of carboxylic acid groups (broad SMARTS) is 1. The van der Waals surface area contributed by atoms with Crippen molar-refractivity contribution in [3.63, 3.8) is 0 Å². The van der Waals surface area contributed by atoms with Gasteiger partial charge in [-0.05, 0) is 56.4 Å². The van der Waals surface area contributed by atoms with Crippen LogP contribution in [0.2, 0.25) is 0 Å². The van der Waals surface area contributed by atoms with Gasteiger partial charge in [-0.2, -0.15) is 13.2 Å². The van der Waals surface area contributed by atoms with Crippen LogP contribution in [0.1, 0.15) is 24.6 Å². The van der Waals surface area contributed by atoms with E-state index in [2.05, 4.69) is 14.9 Å². The predicted octanol–water partition coefficient (Wildman–Crippen LogP) is 4.90. The van der Waals surface area contributed by atoms with Gasteiger partial charge in [-0.3, -0.25) is 14.0 Å². The van der Waals surface area contributed by atoms with Crippen LogP contribution in [0.3, 0.4) is 0 Å². The number of carbonyl (C=O) groups excluding carboxylic acids is 1. The molecule has 1 amide bonds. The molecule has 0 unspecified atom stereocenters. The van der Waals surface area contributed by atoms with Crippen LogP contribution in [0.15, 0.2) is 52.2 Å². The van der Waals surface area contributed by atoms with E-state index in [4.69, 9.17) is 15.6 Å². The lowest BCUT2D eigenvalue weighted by molar-refractivity contribution is -0.192. The molecule has 0 bridgehead atoms. The molecule has 1 aliphatic heterocycles.